The molecule has 2 saturated carbocycles. The van der Waals surface area contributed by atoms with Crippen molar-refractivity contribution in [1.29, 1.82) is 0 Å². The first kappa shape index (κ1) is 11.5. The van der Waals surface area contributed by atoms with Crippen LogP contribution in [0, 0.1) is 23.7 Å². The predicted molar refractivity (Wildman–Crippen MR) is 66.9 cm³/mol. The van der Waals surface area contributed by atoms with Crippen LogP contribution in [-0.4, -0.2) is 0 Å². The molecule has 0 aromatic heterocycles. The van der Waals surface area contributed by atoms with Crippen molar-refractivity contribution < 1.29 is 0 Å². The Bertz CT molecular complexity index is 184. The largest absolute Gasteiger partial charge is 0.0654 e. The lowest BCUT2D eigenvalue weighted by Gasteiger charge is -2.30. The van der Waals surface area contributed by atoms with Crippen LogP contribution in [0.25, 0.3) is 0 Å². The van der Waals surface area contributed by atoms with Crippen LogP contribution in [0.15, 0.2) is 0 Å². The molecule has 0 amide bonds. The minimum absolute atomic E-state index is 1.09. The smallest absolute Gasteiger partial charge is 0.0355 e. The SMILES string of the molecule is CCCCC(CCC)C1CC2CCC1C2. The third kappa shape index (κ3) is 2.57. The summed E-state index contributed by atoms with van der Waals surface area (Å²) in [7, 11) is 0. The number of rotatable bonds is 6. The van der Waals surface area contributed by atoms with Gasteiger partial charge in [-0.1, -0.05) is 52.4 Å². The maximum Gasteiger partial charge on any atom is -0.0355 e. The van der Waals surface area contributed by atoms with E-state index in [4.69, 9.17) is 0 Å². The topological polar surface area (TPSA) is 0 Å². The summed E-state index contributed by atoms with van der Waals surface area (Å²) in [6.45, 7) is 4.70. The normalized spacial score (nSPS) is 36.0. The second kappa shape index (κ2) is 5.37. The number of hydrogen-bond acceptors (Lipinski definition) is 0. The maximum absolute atomic E-state index is 2.37. The van der Waals surface area contributed by atoms with Crippen LogP contribution in [0.5, 0.6) is 0 Å². The molecule has 2 rings (SSSR count). The Kier molecular flexibility index (Phi) is 4.11. The zero-order valence-corrected chi connectivity index (χ0v) is 10.7. The first-order valence-electron chi connectivity index (χ1n) is 7.35. The van der Waals surface area contributed by atoms with Crippen molar-refractivity contribution in [3.8, 4) is 0 Å². The molecule has 0 N–H and O–H groups in total. The van der Waals surface area contributed by atoms with E-state index < -0.39 is 0 Å². The van der Waals surface area contributed by atoms with E-state index in [9.17, 15) is 0 Å². The molecule has 2 bridgehead atoms. The standard InChI is InChI=1S/C15H28/c1-3-5-7-13(6-4-2)15-11-12-8-9-14(15)10-12/h12-15H,3-11H2,1-2H3. The summed E-state index contributed by atoms with van der Waals surface area (Å²) in [5.41, 5.74) is 0. The molecule has 4 unspecified atom stereocenters. The third-order valence-corrected chi connectivity index (χ3v) is 4.99. The summed E-state index contributed by atoms with van der Waals surface area (Å²) >= 11 is 0. The van der Waals surface area contributed by atoms with E-state index in [2.05, 4.69) is 13.8 Å². The third-order valence-electron chi connectivity index (χ3n) is 4.99. The van der Waals surface area contributed by atoms with Crippen LogP contribution >= 0.6 is 0 Å². The Morgan fingerprint density at radius 2 is 1.87 bits per heavy atom. The summed E-state index contributed by atoms with van der Waals surface area (Å²) in [6, 6.07) is 0. The van der Waals surface area contributed by atoms with E-state index in [1.165, 1.54) is 32.1 Å². The lowest BCUT2D eigenvalue weighted by atomic mass is 9.75. The van der Waals surface area contributed by atoms with E-state index in [1.807, 2.05) is 0 Å². The summed E-state index contributed by atoms with van der Waals surface area (Å²) in [4.78, 5) is 0. The predicted octanol–water partition coefficient (Wildman–Crippen LogP) is 5.03. The molecular formula is C15H28. The van der Waals surface area contributed by atoms with Gasteiger partial charge >= 0.3 is 0 Å². The lowest BCUT2D eigenvalue weighted by Crippen LogP contribution is -2.21. The van der Waals surface area contributed by atoms with Gasteiger partial charge in [-0.15, -0.1) is 0 Å². The molecule has 0 saturated heterocycles. The van der Waals surface area contributed by atoms with Gasteiger partial charge in [0.25, 0.3) is 0 Å². The van der Waals surface area contributed by atoms with Gasteiger partial charge in [0.2, 0.25) is 0 Å². The van der Waals surface area contributed by atoms with E-state index in [0.717, 1.165) is 23.7 Å². The van der Waals surface area contributed by atoms with Crippen molar-refractivity contribution in [2.24, 2.45) is 23.7 Å². The van der Waals surface area contributed by atoms with E-state index in [-0.39, 0.29) is 0 Å². The minimum atomic E-state index is 1.09. The zero-order chi connectivity index (χ0) is 10.7. The summed E-state index contributed by atoms with van der Waals surface area (Å²) < 4.78 is 0. The molecule has 0 heteroatoms. The van der Waals surface area contributed by atoms with Gasteiger partial charge in [-0.25, -0.2) is 0 Å². The van der Waals surface area contributed by atoms with E-state index in [1.54, 1.807) is 25.7 Å². The number of fused-ring (bicyclic) bond motifs is 2. The van der Waals surface area contributed by atoms with Crippen LogP contribution in [0.1, 0.15) is 71.6 Å². The summed E-state index contributed by atoms with van der Waals surface area (Å²) in [5, 5.41) is 0. The number of hydrogen-bond donors (Lipinski definition) is 0. The highest BCUT2D eigenvalue weighted by Gasteiger charge is 2.42. The fraction of sp³-hybridized carbons (Fsp3) is 1.00. The first-order valence-corrected chi connectivity index (χ1v) is 7.35. The molecule has 0 radical (unpaired) electrons. The minimum Gasteiger partial charge on any atom is -0.0654 e. The van der Waals surface area contributed by atoms with Gasteiger partial charge in [-0.05, 0) is 42.9 Å². The van der Waals surface area contributed by atoms with E-state index >= 15 is 0 Å². The molecule has 2 fully saturated rings. The van der Waals surface area contributed by atoms with Crippen molar-refractivity contribution in [3.63, 3.8) is 0 Å². The molecule has 0 aromatic rings. The van der Waals surface area contributed by atoms with Crippen LogP contribution in [-0.2, 0) is 0 Å². The van der Waals surface area contributed by atoms with Crippen molar-refractivity contribution in [2.75, 3.05) is 0 Å². The van der Waals surface area contributed by atoms with Gasteiger partial charge in [0.15, 0.2) is 0 Å². The van der Waals surface area contributed by atoms with Gasteiger partial charge in [0.1, 0.15) is 0 Å². The molecule has 0 aromatic carbocycles. The van der Waals surface area contributed by atoms with Crippen molar-refractivity contribution in [1.82, 2.24) is 0 Å². The molecule has 0 nitrogen and oxygen atoms in total. The lowest BCUT2D eigenvalue weighted by molar-refractivity contribution is 0.201. The van der Waals surface area contributed by atoms with Gasteiger partial charge < -0.3 is 0 Å². The van der Waals surface area contributed by atoms with Crippen LogP contribution in [0.4, 0.5) is 0 Å². The molecule has 0 heterocycles. The zero-order valence-electron chi connectivity index (χ0n) is 10.7. The van der Waals surface area contributed by atoms with Crippen molar-refractivity contribution in [3.05, 3.63) is 0 Å². The highest BCUT2D eigenvalue weighted by Crippen LogP contribution is 2.52. The average Bonchev–Trinajstić information content (AvgIpc) is 2.85. The fourth-order valence-electron chi connectivity index (χ4n) is 4.28. The van der Waals surface area contributed by atoms with Crippen LogP contribution in [0.2, 0.25) is 0 Å². The molecule has 2 aliphatic rings. The quantitative estimate of drug-likeness (QED) is 0.574. The Morgan fingerprint density at radius 3 is 2.40 bits per heavy atom. The van der Waals surface area contributed by atoms with Gasteiger partial charge in [-0.2, -0.15) is 0 Å². The monoisotopic (exact) mass is 208 g/mol. The van der Waals surface area contributed by atoms with Gasteiger partial charge in [-0.3, -0.25) is 0 Å². The highest BCUT2D eigenvalue weighted by molar-refractivity contribution is 4.92. The van der Waals surface area contributed by atoms with Crippen molar-refractivity contribution in [2.45, 2.75) is 71.6 Å². The first-order chi connectivity index (χ1) is 7.35. The Morgan fingerprint density at radius 1 is 1.00 bits per heavy atom. The Balaban J connectivity index is 1.86. The Labute approximate surface area is 95.8 Å². The molecule has 15 heavy (non-hydrogen) atoms. The van der Waals surface area contributed by atoms with Gasteiger partial charge in [0, 0.05) is 0 Å². The summed E-state index contributed by atoms with van der Waals surface area (Å²) in [5.74, 6) is 4.50. The molecular weight excluding hydrogens is 180 g/mol. The van der Waals surface area contributed by atoms with E-state index in [0.29, 0.717) is 0 Å². The maximum atomic E-state index is 2.37. The second-order valence-electron chi connectivity index (χ2n) is 6.03. The van der Waals surface area contributed by atoms with Crippen LogP contribution < -0.4 is 0 Å². The van der Waals surface area contributed by atoms with Crippen LogP contribution in [0.3, 0.4) is 0 Å². The molecule has 0 spiro atoms. The second-order valence-corrected chi connectivity index (χ2v) is 6.03. The highest BCUT2D eigenvalue weighted by atomic mass is 14.5. The Hall–Kier alpha value is 0. The fourth-order valence-corrected chi connectivity index (χ4v) is 4.28. The molecule has 88 valence electrons. The molecule has 4 atom stereocenters. The average molecular weight is 208 g/mol. The summed E-state index contributed by atoms with van der Waals surface area (Å²) in [6.07, 6.45) is 13.6. The number of unbranched alkanes of at least 4 members (excludes halogenated alkanes) is 1. The molecule has 0 aliphatic heterocycles. The molecule has 2 aliphatic carbocycles. The van der Waals surface area contributed by atoms with Gasteiger partial charge in [0.05, 0.1) is 0 Å². The van der Waals surface area contributed by atoms with Crippen molar-refractivity contribution >= 4 is 0 Å².